The van der Waals surface area contributed by atoms with Crippen LogP contribution in [0.5, 0.6) is 0 Å². The molecule has 0 aliphatic heterocycles. The van der Waals surface area contributed by atoms with Crippen molar-refractivity contribution in [2.45, 2.75) is 11.4 Å². The third kappa shape index (κ3) is 3.82. The number of carboxylic acid groups (broad SMARTS) is 1. The van der Waals surface area contributed by atoms with Gasteiger partial charge in [-0.3, -0.25) is 0 Å². The lowest BCUT2D eigenvalue weighted by Gasteiger charge is -2.10. The maximum absolute atomic E-state index is 11.6. The molecule has 2 rings (SSSR count). The van der Waals surface area contributed by atoms with E-state index in [0.717, 1.165) is 6.26 Å². The highest BCUT2D eigenvalue weighted by Crippen LogP contribution is 2.20. The molecule has 1 aromatic carbocycles. The molecule has 8 heteroatoms. The zero-order chi connectivity index (χ0) is 15.5. The van der Waals surface area contributed by atoms with E-state index in [1.807, 2.05) is 0 Å². The zero-order valence-corrected chi connectivity index (χ0v) is 12.2. The maximum Gasteiger partial charge on any atom is 0.356 e. The summed E-state index contributed by atoms with van der Waals surface area (Å²) < 4.78 is 24.9. The Kier molecular flexibility index (Phi) is 4.27. The second-order valence-electron chi connectivity index (χ2n) is 4.50. The highest BCUT2D eigenvalue weighted by atomic mass is 32.2. The minimum absolute atomic E-state index is 0.0217. The number of hydrogen-bond donors (Lipinski definition) is 2. The Balaban J connectivity index is 2.02. The van der Waals surface area contributed by atoms with Crippen LogP contribution in [0.15, 0.2) is 41.7 Å². The Labute approximate surface area is 122 Å². The van der Waals surface area contributed by atoms with Gasteiger partial charge in [-0.2, -0.15) is 0 Å². The third-order valence-electron chi connectivity index (χ3n) is 2.82. The lowest BCUT2D eigenvalue weighted by molar-refractivity contribution is 0.0691. The molecule has 0 radical (unpaired) electrons. The van der Waals surface area contributed by atoms with Gasteiger partial charge < -0.3 is 15.0 Å². The van der Waals surface area contributed by atoms with Crippen LogP contribution in [0.2, 0.25) is 0 Å². The lowest BCUT2D eigenvalue weighted by Crippen LogP contribution is -2.12. The summed E-state index contributed by atoms with van der Waals surface area (Å²) in [5, 5.41) is 11.8. The number of anilines is 1. The number of hydrogen-bond acceptors (Lipinski definition) is 5. The van der Waals surface area contributed by atoms with Crippen LogP contribution in [-0.2, 0) is 16.4 Å². The largest absolute Gasteiger partial charge is 0.476 e. The van der Waals surface area contributed by atoms with E-state index >= 15 is 0 Å². The van der Waals surface area contributed by atoms with Gasteiger partial charge in [0.15, 0.2) is 15.5 Å². The Morgan fingerprint density at radius 3 is 2.71 bits per heavy atom. The fourth-order valence-electron chi connectivity index (χ4n) is 1.85. The van der Waals surface area contributed by atoms with E-state index in [9.17, 15) is 13.2 Å². The van der Waals surface area contributed by atoms with Gasteiger partial charge in [0, 0.05) is 25.5 Å². The summed E-state index contributed by atoms with van der Waals surface area (Å²) in [7, 11) is -3.30. The number of nitrogens with one attached hydrogen (secondary N) is 1. The molecule has 1 heterocycles. The van der Waals surface area contributed by atoms with Gasteiger partial charge in [-0.1, -0.05) is 12.1 Å². The molecule has 2 aromatic rings. The van der Waals surface area contributed by atoms with Gasteiger partial charge in [0.2, 0.25) is 0 Å². The number of para-hydroxylation sites is 1. The van der Waals surface area contributed by atoms with Gasteiger partial charge in [-0.25, -0.2) is 18.2 Å². The van der Waals surface area contributed by atoms with Gasteiger partial charge in [-0.05, 0) is 12.1 Å². The van der Waals surface area contributed by atoms with Gasteiger partial charge in [0.05, 0.1) is 16.9 Å². The molecular formula is C13H15N3O4S. The molecule has 0 aliphatic rings. The molecule has 0 fully saturated rings. The van der Waals surface area contributed by atoms with Crippen LogP contribution in [-0.4, -0.2) is 41.8 Å². The predicted octanol–water partition coefficient (Wildman–Crippen LogP) is 1.10. The zero-order valence-electron chi connectivity index (χ0n) is 11.4. The minimum atomic E-state index is -3.30. The van der Waals surface area contributed by atoms with E-state index in [1.165, 1.54) is 18.6 Å². The van der Waals surface area contributed by atoms with Crippen molar-refractivity contribution in [3.8, 4) is 0 Å². The number of carbonyl (C=O) groups is 1. The number of imidazole rings is 1. The smallest absolute Gasteiger partial charge is 0.356 e. The van der Waals surface area contributed by atoms with Crippen LogP contribution in [0.1, 0.15) is 10.5 Å². The van der Waals surface area contributed by atoms with E-state index in [1.54, 1.807) is 22.8 Å². The van der Waals surface area contributed by atoms with Crippen molar-refractivity contribution in [2.24, 2.45) is 0 Å². The summed E-state index contributed by atoms with van der Waals surface area (Å²) in [4.78, 5) is 14.7. The highest BCUT2D eigenvalue weighted by molar-refractivity contribution is 7.90. The fourth-order valence-corrected chi connectivity index (χ4v) is 2.71. The molecule has 0 bridgehead atoms. The van der Waals surface area contributed by atoms with Crippen LogP contribution in [0.4, 0.5) is 5.69 Å². The van der Waals surface area contributed by atoms with Crippen LogP contribution in [0, 0.1) is 0 Å². The van der Waals surface area contributed by atoms with Crippen LogP contribution < -0.4 is 5.32 Å². The number of benzene rings is 1. The first-order chi connectivity index (χ1) is 9.88. The van der Waals surface area contributed by atoms with Gasteiger partial charge >= 0.3 is 5.97 Å². The average Bonchev–Trinajstić information content (AvgIpc) is 2.87. The summed E-state index contributed by atoms with van der Waals surface area (Å²) in [6.07, 6.45) is 4.00. The van der Waals surface area contributed by atoms with Crippen LogP contribution in [0.3, 0.4) is 0 Å². The summed E-state index contributed by atoms with van der Waals surface area (Å²) in [5.41, 5.74) is 0.505. The number of sulfone groups is 1. The summed E-state index contributed by atoms with van der Waals surface area (Å²) in [6, 6.07) is 6.64. The number of aromatic nitrogens is 2. The molecule has 0 saturated carbocycles. The van der Waals surface area contributed by atoms with Crippen molar-refractivity contribution in [3.63, 3.8) is 0 Å². The van der Waals surface area contributed by atoms with Gasteiger partial charge in [0.25, 0.3) is 0 Å². The Hall–Kier alpha value is -2.35. The Morgan fingerprint density at radius 1 is 1.38 bits per heavy atom. The maximum atomic E-state index is 11.6. The number of carboxylic acids is 1. The van der Waals surface area contributed by atoms with Crippen molar-refractivity contribution in [1.29, 1.82) is 0 Å². The van der Waals surface area contributed by atoms with Crippen molar-refractivity contribution < 1.29 is 18.3 Å². The van der Waals surface area contributed by atoms with E-state index in [-0.39, 0.29) is 10.6 Å². The number of aromatic carboxylic acids is 1. The quantitative estimate of drug-likeness (QED) is 0.828. The lowest BCUT2D eigenvalue weighted by atomic mass is 10.3. The Morgan fingerprint density at radius 2 is 2.10 bits per heavy atom. The predicted molar refractivity (Wildman–Crippen MR) is 77.2 cm³/mol. The topological polar surface area (TPSA) is 101 Å². The normalized spacial score (nSPS) is 11.3. The first kappa shape index (κ1) is 15.0. The molecule has 2 N–H and O–H groups in total. The molecule has 1 aromatic heterocycles. The van der Waals surface area contributed by atoms with E-state index in [0.29, 0.717) is 18.8 Å². The van der Waals surface area contributed by atoms with Crippen molar-refractivity contribution in [3.05, 3.63) is 42.5 Å². The van der Waals surface area contributed by atoms with E-state index in [4.69, 9.17) is 5.11 Å². The summed E-state index contributed by atoms with van der Waals surface area (Å²) >= 11 is 0. The Bertz CT molecular complexity index is 752. The monoisotopic (exact) mass is 309 g/mol. The molecule has 0 unspecified atom stereocenters. The van der Waals surface area contributed by atoms with Crippen molar-refractivity contribution in [2.75, 3.05) is 18.1 Å². The highest BCUT2D eigenvalue weighted by Gasteiger charge is 2.12. The van der Waals surface area contributed by atoms with Crippen LogP contribution >= 0.6 is 0 Å². The standard InChI is InChI=1S/C13H15N3O4S/c1-21(19,20)12-5-3-2-4-10(12)14-6-7-16-8-11(13(17)18)15-9-16/h2-5,8-9,14H,6-7H2,1H3,(H,17,18). The minimum Gasteiger partial charge on any atom is -0.476 e. The molecule has 0 spiro atoms. The first-order valence-corrected chi connectivity index (χ1v) is 8.05. The molecule has 0 amide bonds. The molecule has 0 aliphatic carbocycles. The molecule has 0 atom stereocenters. The van der Waals surface area contributed by atoms with Crippen LogP contribution in [0.25, 0.3) is 0 Å². The summed E-state index contributed by atoms with van der Waals surface area (Å²) in [6.45, 7) is 0.917. The van der Waals surface area contributed by atoms with Crippen molar-refractivity contribution in [1.82, 2.24) is 9.55 Å². The molecule has 112 valence electrons. The molecular weight excluding hydrogens is 294 g/mol. The SMILES string of the molecule is CS(=O)(=O)c1ccccc1NCCn1cnc(C(=O)O)c1. The van der Waals surface area contributed by atoms with E-state index < -0.39 is 15.8 Å². The average molecular weight is 309 g/mol. The van der Waals surface area contributed by atoms with Crippen molar-refractivity contribution >= 4 is 21.5 Å². The number of rotatable bonds is 6. The van der Waals surface area contributed by atoms with Gasteiger partial charge in [0.1, 0.15) is 0 Å². The second kappa shape index (κ2) is 5.96. The fraction of sp³-hybridized carbons (Fsp3) is 0.231. The first-order valence-electron chi connectivity index (χ1n) is 6.16. The molecule has 0 saturated heterocycles. The number of nitrogens with zero attached hydrogens (tertiary/aromatic N) is 2. The third-order valence-corrected chi connectivity index (χ3v) is 3.98. The van der Waals surface area contributed by atoms with Gasteiger partial charge in [-0.15, -0.1) is 0 Å². The molecule has 21 heavy (non-hydrogen) atoms. The second-order valence-corrected chi connectivity index (χ2v) is 6.48. The van der Waals surface area contributed by atoms with E-state index in [2.05, 4.69) is 10.3 Å². The summed E-state index contributed by atoms with van der Waals surface area (Å²) in [5.74, 6) is -1.08. The molecule has 7 nitrogen and oxygen atoms in total.